The lowest BCUT2D eigenvalue weighted by Gasteiger charge is -2.18. The highest BCUT2D eigenvalue weighted by Gasteiger charge is 2.35. The quantitative estimate of drug-likeness (QED) is 0.375. The molecule has 180 valence electrons. The zero-order valence-electron chi connectivity index (χ0n) is 18.1. The lowest BCUT2D eigenvalue weighted by atomic mass is 10.1. The number of alkyl halides is 3. The Morgan fingerprint density at radius 2 is 1.76 bits per heavy atom. The molecule has 3 rings (SSSR count). The third-order valence-corrected chi connectivity index (χ3v) is 5.26. The first-order chi connectivity index (χ1) is 15.8. The molecule has 0 spiro atoms. The minimum atomic E-state index is -4.76. The second kappa shape index (κ2) is 9.55. The standard InChI is InChI=1S/C21H21F3N6O3S/c1-12-6-5-9-17(30-34(2,32)33)14(12)10-26-19-15(21(22,23)24)11-27-20(29-19)28-16-8-4-3-7-13(16)18(25)31/h3-9,11,30H,10H2,1-2H3,(H2,25,31)(H2,26,27,28,29). The van der Waals surface area contributed by atoms with E-state index >= 15 is 0 Å². The summed E-state index contributed by atoms with van der Waals surface area (Å²) < 4.78 is 66.5. The topological polar surface area (TPSA) is 139 Å². The van der Waals surface area contributed by atoms with E-state index in [2.05, 4.69) is 25.3 Å². The molecule has 2 aromatic carbocycles. The van der Waals surface area contributed by atoms with Crippen molar-refractivity contribution in [1.29, 1.82) is 0 Å². The van der Waals surface area contributed by atoms with Crippen LogP contribution in [0.25, 0.3) is 0 Å². The van der Waals surface area contributed by atoms with Gasteiger partial charge in [-0.2, -0.15) is 18.2 Å². The second-order valence-corrected chi connectivity index (χ2v) is 9.07. The molecule has 3 aromatic rings. The Balaban J connectivity index is 1.96. The van der Waals surface area contributed by atoms with Crippen molar-refractivity contribution in [1.82, 2.24) is 9.97 Å². The van der Waals surface area contributed by atoms with Gasteiger partial charge in [0.05, 0.1) is 23.2 Å². The monoisotopic (exact) mass is 494 g/mol. The molecule has 0 unspecified atom stereocenters. The van der Waals surface area contributed by atoms with Crippen LogP contribution in [0.3, 0.4) is 0 Å². The molecule has 0 radical (unpaired) electrons. The number of hydrogen-bond acceptors (Lipinski definition) is 7. The molecule has 0 fully saturated rings. The summed E-state index contributed by atoms with van der Waals surface area (Å²) >= 11 is 0. The maximum absolute atomic E-state index is 13.6. The Labute approximate surface area is 193 Å². The molecule has 5 N–H and O–H groups in total. The number of carbonyl (C=O) groups is 1. The lowest BCUT2D eigenvalue weighted by Crippen LogP contribution is -2.17. The maximum Gasteiger partial charge on any atom is 0.421 e. The molecule has 0 aliphatic heterocycles. The van der Waals surface area contributed by atoms with E-state index < -0.39 is 33.5 Å². The summed E-state index contributed by atoms with van der Waals surface area (Å²) in [6, 6.07) is 11.0. The van der Waals surface area contributed by atoms with Crippen molar-refractivity contribution in [3.05, 3.63) is 70.9 Å². The minimum Gasteiger partial charge on any atom is -0.366 e. The molecule has 1 heterocycles. The van der Waals surface area contributed by atoms with Gasteiger partial charge in [-0.1, -0.05) is 24.3 Å². The Hall–Kier alpha value is -3.87. The van der Waals surface area contributed by atoms with Crippen molar-refractivity contribution in [3.63, 3.8) is 0 Å². The first-order valence-corrected chi connectivity index (χ1v) is 11.6. The molecule has 0 aliphatic carbocycles. The van der Waals surface area contributed by atoms with Crippen LogP contribution in [0.2, 0.25) is 0 Å². The number of nitrogens with one attached hydrogen (secondary N) is 3. The van der Waals surface area contributed by atoms with Crippen LogP contribution in [0.15, 0.2) is 48.7 Å². The lowest BCUT2D eigenvalue weighted by molar-refractivity contribution is -0.137. The normalized spacial score (nSPS) is 11.7. The van der Waals surface area contributed by atoms with Gasteiger partial charge in [-0.15, -0.1) is 0 Å². The predicted octanol–water partition coefficient (Wildman–Crippen LogP) is 3.63. The van der Waals surface area contributed by atoms with E-state index in [1.54, 1.807) is 31.2 Å². The Morgan fingerprint density at radius 3 is 2.41 bits per heavy atom. The number of aryl methyl sites for hydroxylation is 1. The van der Waals surface area contributed by atoms with Gasteiger partial charge in [0.15, 0.2) is 0 Å². The molecule has 0 aliphatic rings. The van der Waals surface area contributed by atoms with Crippen LogP contribution in [-0.4, -0.2) is 30.5 Å². The molecule has 1 aromatic heterocycles. The number of anilines is 4. The third kappa shape index (κ3) is 6.13. The second-order valence-electron chi connectivity index (χ2n) is 7.32. The van der Waals surface area contributed by atoms with E-state index in [4.69, 9.17) is 5.73 Å². The first-order valence-electron chi connectivity index (χ1n) is 9.75. The van der Waals surface area contributed by atoms with Gasteiger partial charge in [0.25, 0.3) is 5.91 Å². The molecule has 9 nitrogen and oxygen atoms in total. The van der Waals surface area contributed by atoms with E-state index in [1.807, 2.05) is 0 Å². The highest BCUT2D eigenvalue weighted by atomic mass is 32.2. The van der Waals surface area contributed by atoms with Gasteiger partial charge in [-0.3, -0.25) is 9.52 Å². The van der Waals surface area contributed by atoms with Crippen molar-refractivity contribution in [3.8, 4) is 0 Å². The molecule has 0 saturated heterocycles. The Morgan fingerprint density at radius 1 is 1.09 bits per heavy atom. The molecular formula is C21H21F3N6O3S. The van der Waals surface area contributed by atoms with Gasteiger partial charge in [-0.05, 0) is 36.2 Å². The number of aromatic nitrogens is 2. The van der Waals surface area contributed by atoms with Crippen molar-refractivity contribution >= 4 is 39.1 Å². The van der Waals surface area contributed by atoms with Crippen molar-refractivity contribution < 1.29 is 26.4 Å². The summed E-state index contributed by atoms with van der Waals surface area (Å²) in [6.45, 7) is 1.53. The number of benzene rings is 2. The number of hydrogen-bond donors (Lipinski definition) is 4. The van der Waals surface area contributed by atoms with Crippen LogP contribution < -0.4 is 21.1 Å². The van der Waals surface area contributed by atoms with Crippen LogP contribution in [0.1, 0.15) is 27.0 Å². The highest BCUT2D eigenvalue weighted by Crippen LogP contribution is 2.35. The molecule has 0 saturated carbocycles. The van der Waals surface area contributed by atoms with Crippen LogP contribution >= 0.6 is 0 Å². The molecule has 0 atom stereocenters. The number of nitrogens with zero attached hydrogens (tertiary/aromatic N) is 2. The number of nitrogens with two attached hydrogens (primary N) is 1. The average Bonchev–Trinajstić information content (AvgIpc) is 2.72. The summed E-state index contributed by atoms with van der Waals surface area (Å²) in [7, 11) is -3.61. The molecule has 0 bridgehead atoms. The van der Waals surface area contributed by atoms with E-state index in [1.165, 1.54) is 18.2 Å². The zero-order valence-corrected chi connectivity index (χ0v) is 18.9. The summed E-state index contributed by atoms with van der Waals surface area (Å²) in [4.78, 5) is 19.3. The molecular weight excluding hydrogens is 473 g/mol. The van der Waals surface area contributed by atoms with E-state index in [-0.39, 0.29) is 29.4 Å². The van der Waals surface area contributed by atoms with Gasteiger partial charge in [0, 0.05) is 12.7 Å². The van der Waals surface area contributed by atoms with Gasteiger partial charge in [0.1, 0.15) is 11.4 Å². The highest BCUT2D eigenvalue weighted by molar-refractivity contribution is 7.92. The SMILES string of the molecule is Cc1cccc(NS(C)(=O)=O)c1CNc1nc(Nc2ccccc2C(N)=O)ncc1C(F)(F)F. The predicted molar refractivity (Wildman–Crippen MR) is 122 cm³/mol. The fraction of sp³-hybridized carbons (Fsp3) is 0.190. The minimum absolute atomic E-state index is 0.108. The van der Waals surface area contributed by atoms with E-state index in [0.717, 1.165) is 6.26 Å². The van der Waals surface area contributed by atoms with Crippen molar-refractivity contribution in [2.75, 3.05) is 21.6 Å². The van der Waals surface area contributed by atoms with E-state index in [9.17, 15) is 26.4 Å². The van der Waals surface area contributed by atoms with Crippen molar-refractivity contribution in [2.45, 2.75) is 19.6 Å². The number of primary amides is 1. The van der Waals surface area contributed by atoms with Crippen molar-refractivity contribution in [2.24, 2.45) is 5.73 Å². The van der Waals surface area contributed by atoms with Crippen LogP contribution in [0, 0.1) is 6.92 Å². The van der Waals surface area contributed by atoms with Crippen LogP contribution in [0.4, 0.5) is 36.3 Å². The molecule has 34 heavy (non-hydrogen) atoms. The number of para-hydroxylation sites is 1. The largest absolute Gasteiger partial charge is 0.421 e. The summed E-state index contributed by atoms with van der Waals surface area (Å²) in [5, 5.41) is 5.33. The number of rotatable bonds is 8. The van der Waals surface area contributed by atoms with Gasteiger partial charge < -0.3 is 16.4 Å². The van der Waals surface area contributed by atoms with Crippen LogP contribution in [-0.2, 0) is 22.7 Å². The van der Waals surface area contributed by atoms with Gasteiger partial charge in [0.2, 0.25) is 16.0 Å². The first kappa shape index (κ1) is 24.8. The van der Waals surface area contributed by atoms with Gasteiger partial charge >= 0.3 is 6.18 Å². The average molecular weight is 494 g/mol. The van der Waals surface area contributed by atoms with E-state index in [0.29, 0.717) is 17.3 Å². The number of halogens is 3. The fourth-order valence-corrected chi connectivity index (χ4v) is 3.71. The summed E-state index contributed by atoms with van der Waals surface area (Å²) in [5.74, 6) is -1.47. The molecule has 1 amide bonds. The molecule has 13 heteroatoms. The van der Waals surface area contributed by atoms with Crippen LogP contribution in [0.5, 0.6) is 0 Å². The summed E-state index contributed by atoms with van der Waals surface area (Å²) in [5.41, 5.74) is 5.86. The third-order valence-electron chi connectivity index (χ3n) is 4.67. The number of carbonyl (C=O) groups excluding carboxylic acids is 1. The zero-order chi connectivity index (χ0) is 25.1. The fourth-order valence-electron chi connectivity index (χ4n) is 3.12. The maximum atomic E-state index is 13.6. The summed E-state index contributed by atoms with van der Waals surface area (Å²) in [6.07, 6.45) is -3.18. The van der Waals surface area contributed by atoms with Gasteiger partial charge in [-0.25, -0.2) is 13.4 Å². The number of sulfonamides is 1. The smallest absolute Gasteiger partial charge is 0.366 e. The Kier molecular flexibility index (Phi) is 6.96. The Bertz CT molecular complexity index is 1330. The number of amides is 1.